The lowest BCUT2D eigenvalue weighted by molar-refractivity contribution is 0.0593. The zero-order valence-electron chi connectivity index (χ0n) is 64.2. The maximum Gasteiger partial charge on any atom is 0.338 e. The van der Waals surface area contributed by atoms with Gasteiger partial charge in [0.2, 0.25) is 0 Å². The van der Waals surface area contributed by atoms with Crippen LogP contribution in [0.4, 0.5) is 22.7 Å². The van der Waals surface area contributed by atoms with E-state index in [1.165, 1.54) is 34.7 Å². The number of halogens is 1. The molecule has 4 aliphatic heterocycles. The second kappa shape index (κ2) is 38.2. The Morgan fingerprint density at radius 3 is 1.21 bits per heavy atom. The lowest BCUT2D eigenvalue weighted by Gasteiger charge is -2.34. The van der Waals surface area contributed by atoms with E-state index in [9.17, 15) is 33.9 Å². The van der Waals surface area contributed by atoms with Crippen molar-refractivity contribution in [1.82, 2.24) is 15.3 Å². The molecule has 4 aromatic carbocycles. The van der Waals surface area contributed by atoms with Gasteiger partial charge < -0.3 is 102 Å². The number of carbonyl (C=O) groups excluding carboxylic acids is 3. The summed E-state index contributed by atoms with van der Waals surface area (Å²) in [6, 6.07) is 20.0. The van der Waals surface area contributed by atoms with Crippen LogP contribution in [0.3, 0.4) is 0 Å². The minimum Gasteiger partial charge on any atom is -0.496 e. The lowest BCUT2D eigenvalue weighted by atomic mass is 9.98. The Hall–Kier alpha value is -10.3. The SMILES string of the molecule is COC(=O)c1c(C)c(N(C)C2CCOCC2)cc2occc12.COC(=O)c1c(C)c(NC2CCOCC2)cc2occc12.COc1cc(C)[nH]c(=O)c1CN.COc1cc(C)[nH]c(=O)c1CNC(=O)c1c(C)c(N(C)C2CCOCC2)cc2occc12.Cc1c(N(C)C2CCOCC2)cc2occc2c1C(=O)O.Cl. The van der Waals surface area contributed by atoms with E-state index in [1.54, 1.807) is 63.0 Å². The van der Waals surface area contributed by atoms with Gasteiger partial charge in [-0.2, -0.15) is 0 Å². The third-order valence-corrected chi connectivity index (χ3v) is 20.7. The lowest BCUT2D eigenvalue weighted by Crippen LogP contribution is -2.37. The molecular formula is C81H101ClN8O19. The van der Waals surface area contributed by atoms with Crippen LogP contribution in [0.25, 0.3) is 43.9 Å². The molecule has 10 heterocycles. The van der Waals surface area contributed by atoms with Gasteiger partial charge in [-0.3, -0.25) is 14.4 Å². The topological polar surface area (TPSA) is 340 Å². The minimum absolute atomic E-state index is 0. The van der Waals surface area contributed by atoms with Crippen LogP contribution in [0.5, 0.6) is 11.5 Å². The number of rotatable bonds is 17. The number of anilines is 4. The largest absolute Gasteiger partial charge is 0.496 e. The first-order valence-corrected chi connectivity index (χ1v) is 36.2. The van der Waals surface area contributed by atoms with Crippen molar-refractivity contribution in [2.45, 2.75) is 130 Å². The number of carbonyl (C=O) groups is 4. The van der Waals surface area contributed by atoms with Gasteiger partial charge in [0.1, 0.15) is 33.8 Å². The van der Waals surface area contributed by atoms with E-state index in [1.807, 2.05) is 72.1 Å². The minimum atomic E-state index is -0.916. The Morgan fingerprint density at radius 2 is 0.826 bits per heavy atom. The first-order chi connectivity index (χ1) is 52.0. The van der Waals surface area contributed by atoms with Crippen LogP contribution < -0.4 is 51.7 Å². The highest BCUT2D eigenvalue weighted by Gasteiger charge is 2.30. The number of hydrogen-bond acceptors (Lipinski definition) is 23. The molecule has 14 rings (SSSR count). The number of aromatic amines is 2. The maximum absolute atomic E-state index is 13.3. The summed E-state index contributed by atoms with van der Waals surface area (Å²) in [6.45, 7) is 17.6. The average molecular weight is 1530 g/mol. The van der Waals surface area contributed by atoms with E-state index >= 15 is 0 Å². The number of aryl methyl sites for hydroxylation is 2. The summed E-state index contributed by atoms with van der Waals surface area (Å²) < 4.78 is 64.0. The summed E-state index contributed by atoms with van der Waals surface area (Å²) in [4.78, 5) is 84.9. The van der Waals surface area contributed by atoms with E-state index in [2.05, 4.69) is 42.3 Å². The van der Waals surface area contributed by atoms with Crippen molar-refractivity contribution in [2.75, 3.05) is 122 Å². The fourth-order valence-corrected chi connectivity index (χ4v) is 14.6. The Bertz CT molecular complexity index is 4910. The Kier molecular flexibility index (Phi) is 29.0. The molecule has 0 atom stereocenters. The molecule has 1 amide bonds. The fraction of sp³-hybridized carbons (Fsp3) is 0.432. The normalized spacial score (nSPS) is 14.8. The number of methoxy groups -OCH3 is 4. The molecule has 4 fully saturated rings. The van der Waals surface area contributed by atoms with Crippen LogP contribution in [0.15, 0.2) is 113 Å². The van der Waals surface area contributed by atoms with Gasteiger partial charge >= 0.3 is 17.9 Å². The van der Waals surface area contributed by atoms with Crippen molar-refractivity contribution in [3.63, 3.8) is 0 Å². The van der Waals surface area contributed by atoms with Crippen LogP contribution in [-0.2, 0) is 41.5 Å². The standard InChI is InChI=1S/C24H29N3O5.C17H21NO4.2C16H19NO4.C8H12N2O2.ClH/c1-14-11-20(30-4)18(23(28)26-14)13-25-24(29)22-15(2)19(12-21-17(22)7-10-32-21)27(3)16-5-8-31-9-6-16;1-11-14(18(2)12-4-7-21-8-5-12)10-15-13(6-9-22-15)16(11)17(19)20-3;1-10-13(17-11-3-6-20-7-4-11)9-14-12(5-8-21-14)15(10)16(18)19-2;1-10-13(17(2)11-3-6-20-7-4-11)9-14-12(5-8-21-14)15(10)16(18)19;1-5-3-7(12-2)6(4-9)8(11)10-5;/h7,10-12,16H,5-6,8-9,13H2,1-4H3,(H,25,29)(H,26,28);6,9-10,12H,4-5,7-8H2,1-3H3;5,8-9,11,17H,3-4,6-7H2,1-2H3;5,8-9,11H,3-4,6-7H2,1-2H3,(H,18,19);3H,4,9H2,1-2H3,(H,10,11);1H. The van der Waals surface area contributed by atoms with E-state index < -0.39 is 5.97 Å². The number of ether oxygens (including phenoxy) is 8. The number of nitrogens with zero attached hydrogens (tertiary/aromatic N) is 3. The summed E-state index contributed by atoms with van der Waals surface area (Å²) in [5, 5.41) is 18.9. The van der Waals surface area contributed by atoms with Gasteiger partial charge in [-0.05, 0) is 152 Å². The number of pyridine rings is 2. The first kappa shape index (κ1) is 82.8. The zero-order chi connectivity index (χ0) is 77.5. The highest BCUT2D eigenvalue weighted by molar-refractivity contribution is 6.10. The van der Waals surface area contributed by atoms with Gasteiger partial charge in [-0.15, -0.1) is 12.4 Å². The number of carboxylic acids is 1. The molecule has 586 valence electrons. The fourth-order valence-electron chi connectivity index (χ4n) is 14.6. The molecule has 0 saturated carbocycles. The molecule has 0 radical (unpaired) electrons. The van der Waals surface area contributed by atoms with E-state index in [0.29, 0.717) is 102 Å². The van der Waals surface area contributed by atoms with Gasteiger partial charge in [0.15, 0.2) is 0 Å². The van der Waals surface area contributed by atoms with Crippen LogP contribution in [-0.4, -0.2) is 165 Å². The molecule has 28 heteroatoms. The van der Waals surface area contributed by atoms with E-state index in [-0.39, 0.29) is 54.5 Å². The van der Waals surface area contributed by atoms with Crippen molar-refractivity contribution < 1.29 is 79.8 Å². The van der Waals surface area contributed by atoms with Gasteiger partial charge in [-0.25, -0.2) is 14.4 Å². The zero-order valence-corrected chi connectivity index (χ0v) is 65.1. The summed E-state index contributed by atoms with van der Waals surface area (Å²) >= 11 is 0. The van der Waals surface area contributed by atoms with Crippen molar-refractivity contribution in [3.05, 3.63) is 173 Å². The number of benzene rings is 4. The van der Waals surface area contributed by atoms with E-state index in [0.717, 1.165) is 171 Å². The van der Waals surface area contributed by atoms with Gasteiger partial charge in [0.05, 0.1) is 93.4 Å². The van der Waals surface area contributed by atoms with Gasteiger partial charge in [0, 0.05) is 185 Å². The number of aromatic nitrogens is 2. The highest BCUT2D eigenvalue weighted by Crippen LogP contribution is 2.39. The number of aromatic carboxylic acids is 1. The molecule has 4 saturated heterocycles. The summed E-state index contributed by atoms with van der Waals surface area (Å²) in [5.74, 6) is -0.844. The highest BCUT2D eigenvalue weighted by atomic mass is 35.5. The number of carboxylic acid groups (broad SMARTS) is 1. The third kappa shape index (κ3) is 19.1. The van der Waals surface area contributed by atoms with Crippen molar-refractivity contribution in [3.8, 4) is 11.5 Å². The number of hydrogen-bond donors (Lipinski definition) is 6. The Balaban J connectivity index is 0.000000161. The predicted octanol–water partition coefficient (Wildman–Crippen LogP) is 13.2. The predicted molar refractivity (Wildman–Crippen MR) is 421 cm³/mol. The van der Waals surface area contributed by atoms with Crippen molar-refractivity contribution in [1.29, 1.82) is 0 Å². The molecule has 109 heavy (non-hydrogen) atoms. The second-order valence-corrected chi connectivity index (χ2v) is 27.2. The molecule has 6 aromatic heterocycles. The quantitative estimate of drug-likeness (QED) is 0.0461. The van der Waals surface area contributed by atoms with Gasteiger partial charge in [-0.1, -0.05) is 0 Å². The molecule has 0 spiro atoms. The molecule has 10 aromatic rings. The van der Waals surface area contributed by atoms with Crippen molar-refractivity contribution in [2.24, 2.45) is 5.73 Å². The van der Waals surface area contributed by atoms with Crippen molar-refractivity contribution >= 4 is 103 Å². The number of fused-ring (bicyclic) bond motifs is 4. The molecular weight excluding hydrogens is 1420 g/mol. The first-order valence-electron chi connectivity index (χ1n) is 36.2. The number of furan rings is 4. The average Bonchev–Trinajstić information content (AvgIpc) is 1.61. The van der Waals surface area contributed by atoms with Crippen LogP contribution in [0, 0.1) is 41.5 Å². The molecule has 27 nitrogen and oxygen atoms in total. The third-order valence-electron chi connectivity index (χ3n) is 20.7. The molecule has 0 unspecified atom stereocenters. The molecule has 0 aliphatic carbocycles. The molecule has 7 N–H and O–H groups in total. The second-order valence-electron chi connectivity index (χ2n) is 27.2. The smallest absolute Gasteiger partial charge is 0.338 e. The number of nitrogens with two attached hydrogens (primary N) is 1. The van der Waals surface area contributed by atoms with E-state index in [4.69, 9.17) is 61.3 Å². The maximum atomic E-state index is 13.3. The van der Waals surface area contributed by atoms with Crippen LogP contribution in [0.1, 0.15) is 138 Å². The molecule has 0 bridgehead atoms. The summed E-state index contributed by atoms with van der Waals surface area (Å²) in [5.41, 5.74) is 19.2. The number of amides is 1. The summed E-state index contributed by atoms with van der Waals surface area (Å²) in [6.07, 6.45) is 14.0. The number of H-pyrrole nitrogens is 2. The monoisotopic (exact) mass is 1520 g/mol. The number of esters is 2. The summed E-state index contributed by atoms with van der Waals surface area (Å²) in [7, 11) is 12.0. The Labute approximate surface area is 638 Å². The van der Waals surface area contributed by atoms with Gasteiger partial charge in [0.25, 0.3) is 17.0 Å². The van der Waals surface area contributed by atoms with Crippen LogP contribution >= 0.6 is 12.4 Å². The number of nitrogens with one attached hydrogen (secondary N) is 4. The Morgan fingerprint density at radius 1 is 0.486 bits per heavy atom. The van der Waals surface area contributed by atoms with Crippen LogP contribution in [0.2, 0.25) is 0 Å². The molecule has 4 aliphatic rings.